The Labute approximate surface area is 192 Å². The van der Waals surface area contributed by atoms with E-state index in [9.17, 15) is 4.39 Å². The first-order valence-corrected chi connectivity index (χ1v) is 12.1. The first-order valence-electron chi connectivity index (χ1n) is 12.1. The molecule has 0 atom stereocenters. The minimum atomic E-state index is -1.12. The summed E-state index contributed by atoms with van der Waals surface area (Å²) in [6.45, 7) is 10.7. The van der Waals surface area contributed by atoms with E-state index in [1.54, 1.807) is 13.8 Å². The largest absolute Gasteiger partial charge is 0.493 e. The molecule has 1 saturated heterocycles. The molecule has 4 heteroatoms. The minimum absolute atomic E-state index is 0.522. The van der Waals surface area contributed by atoms with Crippen molar-refractivity contribution in [3.63, 3.8) is 0 Å². The van der Waals surface area contributed by atoms with Crippen LogP contribution in [0, 0.1) is 5.92 Å². The Kier molecular flexibility index (Phi) is 7.20. The quantitative estimate of drug-likeness (QED) is 0.499. The molecule has 172 valence electrons. The van der Waals surface area contributed by atoms with Gasteiger partial charge < -0.3 is 15.0 Å². The summed E-state index contributed by atoms with van der Waals surface area (Å²) in [7, 11) is 0. The molecule has 2 fully saturated rings. The van der Waals surface area contributed by atoms with Gasteiger partial charge in [-0.05, 0) is 93.8 Å². The molecule has 0 radical (unpaired) electrons. The van der Waals surface area contributed by atoms with Gasteiger partial charge in [-0.1, -0.05) is 43.0 Å². The molecule has 1 saturated carbocycles. The summed E-state index contributed by atoms with van der Waals surface area (Å²) in [6, 6.07) is 17.6. The van der Waals surface area contributed by atoms with Gasteiger partial charge in [-0.3, -0.25) is 0 Å². The van der Waals surface area contributed by atoms with Crippen molar-refractivity contribution in [2.45, 2.75) is 57.7 Å². The number of likely N-dealkylation sites (tertiary alicyclic amines) is 1. The number of rotatable bonds is 9. The molecule has 0 amide bonds. The maximum Gasteiger partial charge on any atom is 0.119 e. The van der Waals surface area contributed by atoms with Gasteiger partial charge in [-0.15, -0.1) is 0 Å². The fraction of sp³-hybridized carbons (Fsp3) is 0.500. The molecule has 1 heterocycles. The number of hydrogen-bond donors (Lipinski definition) is 1. The third-order valence-corrected chi connectivity index (χ3v) is 6.70. The monoisotopic (exact) mass is 436 g/mol. The zero-order valence-corrected chi connectivity index (χ0v) is 19.6. The van der Waals surface area contributed by atoms with Crippen LogP contribution in [0.4, 0.5) is 4.39 Å². The maximum atomic E-state index is 13.8. The van der Waals surface area contributed by atoms with Crippen LogP contribution in [0.2, 0.25) is 0 Å². The Morgan fingerprint density at radius 3 is 2.12 bits per heavy atom. The molecule has 4 rings (SSSR count). The van der Waals surface area contributed by atoms with Crippen molar-refractivity contribution >= 4 is 5.70 Å². The SMILES string of the molecule is C=C(NC1CCC1)c1ccc(-c2ccc(OCC3CCN(CC(C)(C)F)CC3)cc2)cc1. The van der Waals surface area contributed by atoms with Gasteiger partial charge in [0.05, 0.1) is 6.61 Å². The van der Waals surface area contributed by atoms with Crippen LogP contribution in [0.5, 0.6) is 5.75 Å². The Bertz CT molecular complexity index is 873. The standard InChI is InChI=1S/C28H37FN2O/c1-21(30-26-5-4-6-26)23-7-9-24(10-8-23)25-11-13-27(14-12-25)32-19-22-15-17-31(18-16-22)20-28(2,3)29/h7-14,22,26,30H,1,4-6,15-20H2,2-3H3. The summed E-state index contributed by atoms with van der Waals surface area (Å²) in [5.74, 6) is 1.46. The van der Waals surface area contributed by atoms with E-state index in [0.717, 1.165) is 49.5 Å². The van der Waals surface area contributed by atoms with E-state index in [2.05, 4.69) is 65.3 Å². The van der Waals surface area contributed by atoms with E-state index in [4.69, 9.17) is 4.74 Å². The van der Waals surface area contributed by atoms with Crippen LogP contribution >= 0.6 is 0 Å². The molecule has 32 heavy (non-hydrogen) atoms. The lowest BCUT2D eigenvalue weighted by Gasteiger charge is -2.34. The van der Waals surface area contributed by atoms with Gasteiger partial charge in [-0.2, -0.15) is 0 Å². The van der Waals surface area contributed by atoms with Crippen molar-refractivity contribution in [2.24, 2.45) is 5.92 Å². The second kappa shape index (κ2) is 10.1. The second-order valence-corrected chi connectivity index (χ2v) is 10.1. The summed E-state index contributed by atoms with van der Waals surface area (Å²) >= 11 is 0. The summed E-state index contributed by atoms with van der Waals surface area (Å²) in [5, 5.41) is 3.52. The minimum Gasteiger partial charge on any atom is -0.493 e. The van der Waals surface area contributed by atoms with E-state index < -0.39 is 5.67 Å². The van der Waals surface area contributed by atoms with E-state index in [1.165, 1.54) is 30.4 Å². The van der Waals surface area contributed by atoms with Crippen molar-refractivity contribution in [3.8, 4) is 16.9 Å². The highest BCUT2D eigenvalue weighted by atomic mass is 19.1. The lowest BCUT2D eigenvalue weighted by molar-refractivity contribution is 0.0836. The molecule has 0 spiro atoms. The topological polar surface area (TPSA) is 24.5 Å². The number of nitrogens with one attached hydrogen (secondary N) is 1. The highest BCUT2D eigenvalue weighted by Crippen LogP contribution is 2.27. The van der Waals surface area contributed by atoms with Crippen molar-refractivity contribution in [1.29, 1.82) is 0 Å². The molecule has 0 bridgehead atoms. The van der Waals surface area contributed by atoms with Crippen molar-refractivity contribution < 1.29 is 9.13 Å². The average molecular weight is 437 g/mol. The molecule has 0 unspecified atom stereocenters. The van der Waals surface area contributed by atoms with Gasteiger partial charge in [-0.25, -0.2) is 4.39 Å². The number of ether oxygens (including phenoxy) is 1. The smallest absolute Gasteiger partial charge is 0.119 e. The molecular formula is C28H37FN2O. The number of halogens is 1. The molecule has 1 aliphatic heterocycles. The maximum absolute atomic E-state index is 13.8. The van der Waals surface area contributed by atoms with E-state index >= 15 is 0 Å². The molecule has 0 aromatic heterocycles. The number of benzene rings is 2. The van der Waals surface area contributed by atoms with E-state index in [0.29, 0.717) is 18.5 Å². The van der Waals surface area contributed by atoms with Crippen molar-refractivity contribution in [1.82, 2.24) is 10.2 Å². The summed E-state index contributed by atoms with van der Waals surface area (Å²) < 4.78 is 19.9. The van der Waals surface area contributed by atoms with Gasteiger partial charge >= 0.3 is 0 Å². The molecule has 2 aliphatic rings. The average Bonchev–Trinajstić information content (AvgIpc) is 2.75. The predicted molar refractivity (Wildman–Crippen MR) is 132 cm³/mol. The summed E-state index contributed by atoms with van der Waals surface area (Å²) in [4.78, 5) is 2.23. The lowest BCUT2D eigenvalue weighted by atomic mass is 9.92. The molecule has 3 nitrogen and oxygen atoms in total. The van der Waals surface area contributed by atoms with Gasteiger partial charge in [0, 0.05) is 18.3 Å². The van der Waals surface area contributed by atoms with E-state index in [-0.39, 0.29) is 0 Å². The predicted octanol–water partition coefficient (Wildman–Crippen LogP) is 6.31. The first kappa shape index (κ1) is 22.8. The number of alkyl halides is 1. The Morgan fingerprint density at radius 2 is 1.59 bits per heavy atom. The molecule has 2 aromatic rings. The Hall–Kier alpha value is -2.33. The van der Waals surface area contributed by atoms with Crippen molar-refractivity contribution in [2.75, 3.05) is 26.2 Å². The molecule has 2 aromatic carbocycles. The zero-order valence-electron chi connectivity index (χ0n) is 19.6. The van der Waals surface area contributed by atoms with Gasteiger partial charge in [0.25, 0.3) is 0 Å². The first-order chi connectivity index (χ1) is 15.4. The third-order valence-electron chi connectivity index (χ3n) is 6.70. The fourth-order valence-corrected chi connectivity index (χ4v) is 4.55. The van der Waals surface area contributed by atoms with Crippen LogP contribution in [-0.4, -0.2) is 42.9 Å². The van der Waals surface area contributed by atoms with Gasteiger partial charge in [0.1, 0.15) is 11.4 Å². The highest BCUT2D eigenvalue weighted by molar-refractivity contribution is 5.69. The normalized spacial score (nSPS) is 18.2. The van der Waals surface area contributed by atoms with Crippen LogP contribution in [0.25, 0.3) is 16.8 Å². The Balaban J connectivity index is 1.24. The van der Waals surface area contributed by atoms with Gasteiger partial charge in [0.2, 0.25) is 0 Å². The van der Waals surface area contributed by atoms with Crippen LogP contribution in [0.3, 0.4) is 0 Å². The second-order valence-electron chi connectivity index (χ2n) is 10.1. The number of nitrogens with zero attached hydrogens (tertiary/aromatic N) is 1. The van der Waals surface area contributed by atoms with Crippen molar-refractivity contribution in [3.05, 3.63) is 60.7 Å². The Morgan fingerprint density at radius 1 is 1.00 bits per heavy atom. The van der Waals surface area contributed by atoms with Crippen LogP contribution in [0.1, 0.15) is 51.5 Å². The van der Waals surface area contributed by atoms with Gasteiger partial charge in [0.15, 0.2) is 0 Å². The lowest BCUT2D eigenvalue weighted by Crippen LogP contribution is -2.41. The zero-order chi connectivity index (χ0) is 22.6. The highest BCUT2D eigenvalue weighted by Gasteiger charge is 2.25. The molecular weight excluding hydrogens is 399 g/mol. The van der Waals surface area contributed by atoms with Crippen LogP contribution < -0.4 is 10.1 Å². The number of piperidine rings is 1. The summed E-state index contributed by atoms with van der Waals surface area (Å²) in [6.07, 6.45) is 5.97. The van der Waals surface area contributed by atoms with E-state index in [1.807, 2.05) is 0 Å². The molecule has 1 aliphatic carbocycles. The third kappa shape index (κ3) is 6.35. The number of hydrogen-bond acceptors (Lipinski definition) is 3. The summed E-state index contributed by atoms with van der Waals surface area (Å²) in [5.41, 5.74) is 3.43. The fourth-order valence-electron chi connectivity index (χ4n) is 4.55. The van der Waals surface area contributed by atoms with Crippen LogP contribution in [-0.2, 0) is 0 Å². The molecule has 1 N–H and O–H groups in total. The van der Waals surface area contributed by atoms with Crippen LogP contribution in [0.15, 0.2) is 55.1 Å².